The molecule has 8 nitrogen and oxygen atoms in total. The molecule has 3 heterocycles. The summed E-state index contributed by atoms with van der Waals surface area (Å²) >= 11 is 6.04. The molecule has 1 amide bonds. The summed E-state index contributed by atoms with van der Waals surface area (Å²) in [6.07, 6.45) is 3.40. The Morgan fingerprint density at radius 2 is 1.71 bits per heavy atom. The number of pyridine rings is 1. The number of benzene rings is 3. The number of nitrogens with zero attached hydrogens (tertiary/aromatic N) is 4. The van der Waals surface area contributed by atoms with E-state index >= 15 is 0 Å². The lowest BCUT2D eigenvalue weighted by molar-refractivity contribution is 0.101. The van der Waals surface area contributed by atoms with Gasteiger partial charge in [0.05, 0.1) is 21.8 Å². The number of hydrogen-bond donors (Lipinski definition) is 3. The zero-order chi connectivity index (χ0) is 28.5. The maximum Gasteiger partial charge on any atom is 0.261 e. The largest absolute Gasteiger partial charge is 0.506 e. The van der Waals surface area contributed by atoms with Gasteiger partial charge >= 0.3 is 0 Å². The molecule has 0 fully saturated rings. The molecule has 0 spiro atoms. The first-order valence-electron chi connectivity index (χ1n) is 12.3. The summed E-state index contributed by atoms with van der Waals surface area (Å²) < 4.78 is 30.0. The third kappa shape index (κ3) is 5.15. The molecule has 3 aromatic carbocycles. The highest BCUT2D eigenvalue weighted by Gasteiger charge is 2.20. The lowest BCUT2D eigenvalue weighted by Crippen LogP contribution is -2.15. The first-order chi connectivity index (χ1) is 19.9. The highest BCUT2D eigenvalue weighted by atomic mass is 35.5. The van der Waals surface area contributed by atoms with E-state index in [1.165, 1.54) is 12.1 Å². The van der Waals surface area contributed by atoms with Crippen molar-refractivity contribution >= 4 is 40.3 Å². The van der Waals surface area contributed by atoms with Crippen LogP contribution in [0.5, 0.6) is 5.75 Å². The molecule has 0 unspecified atom stereocenters. The number of rotatable bonds is 6. The number of aromatic hydroxyl groups is 1. The van der Waals surface area contributed by atoms with Crippen LogP contribution < -0.4 is 10.6 Å². The standard InChI is InChI=1S/C30H19ClF2N6O2/c31-20-16-19(10-11-25(20)40)36-30-34-13-12-23(37-30)27-24-9-1-2-14-39(24)38-28(27)17-5-3-6-18(15-17)35-29(41)26-21(32)7-4-8-22(26)33/h1-16,40H,(H,35,41)(H,34,36,37). The molecule has 0 aliphatic heterocycles. The van der Waals surface area contributed by atoms with E-state index in [9.17, 15) is 18.7 Å². The van der Waals surface area contributed by atoms with E-state index < -0.39 is 23.1 Å². The second-order valence-electron chi connectivity index (χ2n) is 8.94. The van der Waals surface area contributed by atoms with Crippen molar-refractivity contribution < 1.29 is 18.7 Å². The van der Waals surface area contributed by atoms with E-state index in [-0.39, 0.29) is 10.8 Å². The van der Waals surface area contributed by atoms with Crippen molar-refractivity contribution in [3.05, 3.63) is 120 Å². The van der Waals surface area contributed by atoms with Crippen molar-refractivity contribution in [2.75, 3.05) is 10.6 Å². The fourth-order valence-electron chi connectivity index (χ4n) is 4.38. The molecule has 0 aliphatic rings. The SMILES string of the molecule is O=C(Nc1cccc(-c2nn3ccccc3c2-c2ccnc(Nc3ccc(O)c(Cl)c3)n2)c1)c1c(F)cccc1F. The molecule has 3 aromatic heterocycles. The van der Waals surface area contributed by atoms with Crippen molar-refractivity contribution in [3.8, 4) is 28.3 Å². The van der Waals surface area contributed by atoms with Crippen LogP contribution in [0.3, 0.4) is 0 Å². The maximum absolute atomic E-state index is 14.2. The molecule has 41 heavy (non-hydrogen) atoms. The van der Waals surface area contributed by atoms with Gasteiger partial charge in [0.25, 0.3) is 5.91 Å². The summed E-state index contributed by atoms with van der Waals surface area (Å²) in [5, 5.41) is 20.3. The third-order valence-electron chi connectivity index (χ3n) is 6.24. The van der Waals surface area contributed by atoms with Gasteiger partial charge in [0.1, 0.15) is 28.6 Å². The van der Waals surface area contributed by atoms with Crippen LogP contribution in [-0.2, 0) is 0 Å². The van der Waals surface area contributed by atoms with Gasteiger partial charge in [-0.15, -0.1) is 0 Å². The van der Waals surface area contributed by atoms with Gasteiger partial charge in [-0.25, -0.2) is 23.3 Å². The minimum Gasteiger partial charge on any atom is -0.506 e. The Labute approximate surface area is 236 Å². The third-order valence-corrected chi connectivity index (χ3v) is 6.54. The molecule has 202 valence electrons. The first-order valence-corrected chi connectivity index (χ1v) is 12.7. The smallest absolute Gasteiger partial charge is 0.261 e. The topological polar surface area (TPSA) is 104 Å². The number of aromatic nitrogens is 4. The number of anilines is 3. The summed E-state index contributed by atoms with van der Waals surface area (Å²) in [4.78, 5) is 21.7. The van der Waals surface area contributed by atoms with Gasteiger partial charge < -0.3 is 15.7 Å². The first kappa shape index (κ1) is 25.9. The fraction of sp³-hybridized carbons (Fsp3) is 0. The Hall–Kier alpha value is -5.35. The summed E-state index contributed by atoms with van der Waals surface area (Å²) in [5.41, 5.74) is 3.46. The summed E-state index contributed by atoms with van der Waals surface area (Å²) in [6, 6.07) is 22.1. The number of phenolic OH excluding ortho intramolecular Hbond substituents is 1. The second-order valence-corrected chi connectivity index (χ2v) is 9.35. The van der Waals surface area contributed by atoms with Crippen molar-refractivity contribution in [2.24, 2.45) is 0 Å². The lowest BCUT2D eigenvalue weighted by Gasteiger charge is -2.10. The molecule has 0 bridgehead atoms. The van der Waals surface area contributed by atoms with Crippen molar-refractivity contribution in [1.29, 1.82) is 0 Å². The molecule has 0 saturated heterocycles. The van der Waals surface area contributed by atoms with Gasteiger partial charge in [-0.2, -0.15) is 5.10 Å². The molecule has 0 radical (unpaired) electrons. The molecule has 0 saturated carbocycles. The van der Waals surface area contributed by atoms with Crippen molar-refractivity contribution in [3.63, 3.8) is 0 Å². The van der Waals surface area contributed by atoms with Crippen LogP contribution in [0.25, 0.3) is 28.0 Å². The predicted octanol–water partition coefficient (Wildman–Crippen LogP) is 7.09. The Bertz CT molecular complexity index is 1920. The molecule has 6 rings (SSSR count). The van der Waals surface area contributed by atoms with Crippen LogP contribution in [0.1, 0.15) is 10.4 Å². The van der Waals surface area contributed by atoms with Crippen LogP contribution in [0.4, 0.5) is 26.1 Å². The normalized spacial score (nSPS) is 11.0. The van der Waals surface area contributed by atoms with E-state index in [4.69, 9.17) is 21.7 Å². The average molecular weight is 569 g/mol. The number of nitrogens with one attached hydrogen (secondary N) is 2. The Kier molecular flexibility index (Phi) is 6.74. The number of amides is 1. The van der Waals surface area contributed by atoms with Crippen molar-refractivity contribution in [1.82, 2.24) is 19.6 Å². The predicted molar refractivity (Wildman–Crippen MR) is 152 cm³/mol. The van der Waals surface area contributed by atoms with Crippen LogP contribution in [0.15, 0.2) is 97.3 Å². The molecular weight excluding hydrogens is 550 g/mol. The van der Waals surface area contributed by atoms with Gasteiger partial charge in [-0.1, -0.05) is 35.9 Å². The highest BCUT2D eigenvalue weighted by Crippen LogP contribution is 2.36. The quantitative estimate of drug-likeness (QED) is 0.185. The van der Waals surface area contributed by atoms with Crippen LogP contribution in [0, 0.1) is 11.6 Å². The molecular formula is C30H19ClF2N6O2. The van der Waals surface area contributed by atoms with Crippen molar-refractivity contribution in [2.45, 2.75) is 0 Å². The van der Waals surface area contributed by atoms with E-state index in [0.29, 0.717) is 39.8 Å². The van der Waals surface area contributed by atoms with Crippen LogP contribution in [0.2, 0.25) is 5.02 Å². The van der Waals surface area contributed by atoms with E-state index in [1.807, 2.05) is 24.3 Å². The maximum atomic E-state index is 14.2. The minimum absolute atomic E-state index is 0.0414. The highest BCUT2D eigenvalue weighted by molar-refractivity contribution is 6.32. The molecule has 3 N–H and O–H groups in total. The molecule has 11 heteroatoms. The van der Waals surface area contributed by atoms with Gasteiger partial charge in [0, 0.05) is 29.3 Å². The number of hydrogen-bond acceptors (Lipinski definition) is 6. The van der Waals surface area contributed by atoms with Gasteiger partial charge in [-0.3, -0.25) is 4.79 Å². The number of fused-ring (bicyclic) bond motifs is 1. The second kappa shape index (κ2) is 10.7. The van der Waals surface area contributed by atoms with Gasteiger partial charge in [0.2, 0.25) is 5.95 Å². The zero-order valence-electron chi connectivity index (χ0n) is 21.0. The van der Waals surface area contributed by atoms with Gasteiger partial charge in [0.15, 0.2) is 0 Å². The van der Waals surface area contributed by atoms with E-state index in [2.05, 4.69) is 15.6 Å². The Morgan fingerprint density at radius 3 is 2.51 bits per heavy atom. The fourth-order valence-corrected chi connectivity index (χ4v) is 4.56. The van der Waals surface area contributed by atoms with Gasteiger partial charge in [-0.05, 0) is 60.7 Å². The number of carbonyl (C=O) groups excluding carboxylic acids is 1. The molecule has 0 aliphatic carbocycles. The number of halogens is 3. The van der Waals surface area contributed by atoms with Crippen LogP contribution >= 0.6 is 11.6 Å². The number of phenols is 1. The van der Waals surface area contributed by atoms with E-state index in [0.717, 1.165) is 17.6 Å². The average Bonchev–Trinajstić information content (AvgIpc) is 3.35. The number of carbonyl (C=O) groups is 1. The summed E-state index contributed by atoms with van der Waals surface area (Å²) in [6.45, 7) is 0. The molecule has 0 atom stereocenters. The van der Waals surface area contributed by atoms with E-state index in [1.54, 1.807) is 53.3 Å². The lowest BCUT2D eigenvalue weighted by atomic mass is 10.0. The summed E-state index contributed by atoms with van der Waals surface area (Å²) in [7, 11) is 0. The summed E-state index contributed by atoms with van der Waals surface area (Å²) in [5.74, 6) is -2.57. The zero-order valence-corrected chi connectivity index (χ0v) is 21.8. The Balaban J connectivity index is 1.39. The monoisotopic (exact) mass is 568 g/mol. The minimum atomic E-state index is -0.955. The Morgan fingerprint density at radius 1 is 0.902 bits per heavy atom. The van der Waals surface area contributed by atoms with Crippen LogP contribution in [-0.4, -0.2) is 30.6 Å². The molecule has 6 aromatic rings.